The van der Waals surface area contributed by atoms with Gasteiger partial charge in [-0.2, -0.15) is 4.74 Å². The number of hydroxylamine groups is 1. The van der Waals surface area contributed by atoms with Gasteiger partial charge < -0.3 is 5.21 Å². The summed E-state index contributed by atoms with van der Waals surface area (Å²) >= 11 is 1.44. The summed E-state index contributed by atoms with van der Waals surface area (Å²) in [6, 6.07) is 11.5. The molecule has 4 heteroatoms. The van der Waals surface area contributed by atoms with Crippen LogP contribution in [-0.4, -0.2) is 22.7 Å². The zero-order valence-electron chi connectivity index (χ0n) is 11.0. The summed E-state index contributed by atoms with van der Waals surface area (Å²) in [4.78, 5) is 6.13. The lowest BCUT2D eigenvalue weighted by Crippen LogP contribution is -2.20. The molecule has 2 heterocycles. The van der Waals surface area contributed by atoms with E-state index in [1.807, 2.05) is 43.3 Å². The van der Waals surface area contributed by atoms with Crippen LogP contribution in [0.25, 0.3) is 0 Å². The molecule has 1 aromatic carbocycles. The van der Waals surface area contributed by atoms with E-state index in [1.165, 1.54) is 11.3 Å². The molecule has 0 unspecified atom stereocenters. The standard InChI is InChI=1S/C16H12N2OS/c1-3-13-9-14-16(20-13)15(12-7-5-4-6-8-12)18(19)10-11(2)17-14/h1,4-9H,10H2,2H3. The molecule has 0 saturated heterocycles. The maximum absolute atomic E-state index is 12.4. The van der Waals surface area contributed by atoms with Crippen molar-refractivity contribution in [3.63, 3.8) is 0 Å². The van der Waals surface area contributed by atoms with Crippen molar-refractivity contribution in [1.82, 2.24) is 0 Å². The van der Waals surface area contributed by atoms with Crippen LogP contribution in [0.2, 0.25) is 0 Å². The Morgan fingerprint density at radius 2 is 2.10 bits per heavy atom. The van der Waals surface area contributed by atoms with Crippen LogP contribution in [0.5, 0.6) is 0 Å². The quantitative estimate of drug-likeness (QED) is 0.449. The van der Waals surface area contributed by atoms with E-state index in [2.05, 4.69) is 10.9 Å². The fraction of sp³-hybridized carbons (Fsp3) is 0.125. The van der Waals surface area contributed by atoms with E-state index in [0.717, 1.165) is 31.5 Å². The summed E-state index contributed by atoms with van der Waals surface area (Å²) in [7, 11) is 0. The summed E-state index contributed by atoms with van der Waals surface area (Å²) in [5, 5.41) is 12.4. The number of hydrogen-bond acceptors (Lipinski definition) is 3. The third kappa shape index (κ3) is 2.13. The molecule has 0 amide bonds. The highest BCUT2D eigenvalue weighted by Gasteiger charge is 2.25. The highest BCUT2D eigenvalue weighted by atomic mass is 32.1. The third-order valence-electron chi connectivity index (χ3n) is 3.05. The van der Waals surface area contributed by atoms with Crippen molar-refractivity contribution >= 4 is 28.4 Å². The smallest absolute Gasteiger partial charge is 0.238 e. The van der Waals surface area contributed by atoms with Crippen LogP contribution >= 0.6 is 11.3 Å². The molecule has 0 aliphatic carbocycles. The first-order chi connectivity index (χ1) is 9.69. The molecule has 3 nitrogen and oxygen atoms in total. The Morgan fingerprint density at radius 3 is 2.80 bits per heavy atom. The number of aliphatic imine (C=N–C) groups is 1. The average Bonchev–Trinajstić information content (AvgIpc) is 2.78. The molecular formula is C16H12N2OS. The lowest BCUT2D eigenvalue weighted by molar-refractivity contribution is -0.438. The van der Waals surface area contributed by atoms with Gasteiger partial charge in [0.05, 0.1) is 16.3 Å². The average molecular weight is 280 g/mol. The molecule has 2 aromatic rings. The van der Waals surface area contributed by atoms with Crippen molar-refractivity contribution < 1.29 is 4.74 Å². The van der Waals surface area contributed by atoms with Crippen molar-refractivity contribution in [2.75, 3.05) is 6.54 Å². The first-order valence-corrected chi connectivity index (χ1v) is 7.02. The lowest BCUT2D eigenvalue weighted by atomic mass is 10.1. The SMILES string of the molecule is C#Cc1cc2c(s1)C(c1ccccc1)=[N+]([O-])CC(C)=N2. The van der Waals surface area contributed by atoms with Gasteiger partial charge in [-0.3, -0.25) is 0 Å². The number of benzene rings is 1. The van der Waals surface area contributed by atoms with Gasteiger partial charge in [0.15, 0.2) is 6.54 Å². The van der Waals surface area contributed by atoms with Crippen LogP contribution < -0.4 is 0 Å². The van der Waals surface area contributed by atoms with Gasteiger partial charge in [-0.1, -0.05) is 24.1 Å². The molecule has 98 valence electrons. The van der Waals surface area contributed by atoms with Crippen molar-refractivity contribution in [2.45, 2.75) is 6.92 Å². The zero-order valence-corrected chi connectivity index (χ0v) is 11.8. The van der Waals surface area contributed by atoms with Gasteiger partial charge in [0.1, 0.15) is 4.88 Å². The molecule has 0 bridgehead atoms. The molecule has 20 heavy (non-hydrogen) atoms. The minimum Gasteiger partial charge on any atom is -0.623 e. The molecule has 1 aromatic heterocycles. The Hall–Kier alpha value is -2.38. The first-order valence-electron chi connectivity index (χ1n) is 6.21. The highest BCUT2D eigenvalue weighted by Crippen LogP contribution is 2.33. The molecule has 1 aliphatic rings. The van der Waals surface area contributed by atoms with E-state index in [4.69, 9.17) is 6.42 Å². The van der Waals surface area contributed by atoms with Crippen LogP contribution in [0.1, 0.15) is 22.2 Å². The van der Waals surface area contributed by atoms with Crippen molar-refractivity contribution in [1.29, 1.82) is 0 Å². The zero-order chi connectivity index (χ0) is 14.1. The monoisotopic (exact) mass is 280 g/mol. The van der Waals surface area contributed by atoms with Crippen LogP contribution in [-0.2, 0) is 0 Å². The molecule has 0 saturated carbocycles. The van der Waals surface area contributed by atoms with Gasteiger partial charge in [0.25, 0.3) is 0 Å². The van der Waals surface area contributed by atoms with E-state index < -0.39 is 0 Å². The Morgan fingerprint density at radius 1 is 1.35 bits per heavy atom. The number of thiophene rings is 1. The number of rotatable bonds is 1. The molecule has 0 N–H and O–H groups in total. The van der Waals surface area contributed by atoms with Gasteiger partial charge in [-0.05, 0) is 25.1 Å². The molecule has 0 fully saturated rings. The predicted octanol–water partition coefficient (Wildman–Crippen LogP) is 3.18. The van der Waals surface area contributed by atoms with Crippen molar-refractivity contribution in [3.8, 4) is 12.3 Å². The first kappa shape index (κ1) is 12.6. The highest BCUT2D eigenvalue weighted by molar-refractivity contribution is 7.15. The summed E-state index contributed by atoms with van der Waals surface area (Å²) in [6.45, 7) is 2.13. The maximum atomic E-state index is 12.4. The summed E-state index contributed by atoms with van der Waals surface area (Å²) in [5.41, 5.74) is 3.11. The van der Waals surface area contributed by atoms with Gasteiger partial charge in [-0.25, -0.2) is 4.99 Å². The van der Waals surface area contributed by atoms with Gasteiger partial charge in [0.2, 0.25) is 5.71 Å². The minimum atomic E-state index is 0.275. The molecule has 0 spiro atoms. The number of hydrogen-bond donors (Lipinski definition) is 0. The second-order valence-electron chi connectivity index (χ2n) is 4.57. The molecule has 1 aliphatic heterocycles. The number of terminal acetylenes is 1. The second kappa shape index (κ2) is 4.95. The summed E-state index contributed by atoms with van der Waals surface area (Å²) in [5.74, 6) is 2.62. The lowest BCUT2D eigenvalue weighted by Gasteiger charge is -2.08. The van der Waals surface area contributed by atoms with E-state index >= 15 is 0 Å². The molecule has 0 atom stereocenters. The van der Waals surface area contributed by atoms with Gasteiger partial charge >= 0.3 is 0 Å². The Bertz CT molecular complexity index is 764. The predicted molar refractivity (Wildman–Crippen MR) is 83.2 cm³/mol. The van der Waals surface area contributed by atoms with Crippen LogP contribution in [0.3, 0.4) is 0 Å². The van der Waals surface area contributed by atoms with Crippen molar-refractivity contribution in [2.24, 2.45) is 4.99 Å². The van der Waals surface area contributed by atoms with Crippen LogP contribution in [0.4, 0.5) is 5.69 Å². The fourth-order valence-corrected chi connectivity index (χ4v) is 3.19. The van der Waals surface area contributed by atoms with E-state index in [1.54, 1.807) is 0 Å². The Balaban J connectivity index is 2.27. The summed E-state index contributed by atoms with van der Waals surface area (Å²) in [6.07, 6.45) is 5.47. The number of nitrogens with zero attached hydrogens (tertiary/aromatic N) is 2. The second-order valence-corrected chi connectivity index (χ2v) is 5.62. The third-order valence-corrected chi connectivity index (χ3v) is 4.11. The molecule has 0 radical (unpaired) electrons. The van der Waals surface area contributed by atoms with E-state index in [0.29, 0.717) is 5.71 Å². The normalized spacial score (nSPS) is 14.3. The van der Waals surface area contributed by atoms with Crippen LogP contribution in [0.15, 0.2) is 41.4 Å². The Labute approximate surface area is 121 Å². The Kier molecular flexibility index (Phi) is 3.13. The molecule has 3 rings (SSSR count). The number of fused-ring (bicyclic) bond motifs is 1. The van der Waals surface area contributed by atoms with E-state index in [-0.39, 0.29) is 6.54 Å². The topological polar surface area (TPSA) is 38.4 Å². The maximum Gasteiger partial charge on any atom is 0.238 e. The van der Waals surface area contributed by atoms with Crippen molar-refractivity contribution in [3.05, 3.63) is 56.9 Å². The van der Waals surface area contributed by atoms with E-state index in [9.17, 15) is 5.21 Å². The minimum absolute atomic E-state index is 0.275. The largest absolute Gasteiger partial charge is 0.623 e. The molecular weight excluding hydrogens is 268 g/mol. The summed E-state index contributed by atoms with van der Waals surface area (Å²) < 4.78 is 0.997. The van der Waals surface area contributed by atoms with Gasteiger partial charge in [-0.15, -0.1) is 17.8 Å². The van der Waals surface area contributed by atoms with Gasteiger partial charge in [0, 0.05) is 5.56 Å². The fourth-order valence-electron chi connectivity index (χ4n) is 2.22. The van der Waals surface area contributed by atoms with Crippen LogP contribution in [0, 0.1) is 17.6 Å².